The number of nitrogens with one attached hydrogen (secondary N) is 2. The zero-order valence-electron chi connectivity index (χ0n) is 16.4. The number of aromatic nitrogens is 1. The molecule has 2 rings (SSSR count). The molecule has 0 spiro atoms. The second-order valence-corrected chi connectivity index (χ2v) is 7.00. The molecule has 0 unspecified atom stereocenters. The molecule has 1 aliphatic rings. The van der Waals surface area contributed by atoms with Gasteiger partial charge in [-0.2, -0.15) is 0 Å². The third-order valence-electron chi connectivity index (χ3n) is 4.97. The minimum atomic E-state index is 0.464. The van der Waals surface area contributed by atoms with Crippen molar-refractivity contribution in [1.82, 2.24) is 20.5 Å². The zero-order valence-corrected chi connectivity index (χ0v) is 16.4. The van der Waals surface area contributed by atoms with Crippen LogP contribution in [0.5, 0.6) is 0 Å². The quantitative estimate of drug-likeness (QED) is 0.429. The number of hydrogen-bond acceptors (Lipinski definition) is 4. The van der Waals surface area contributed by atoms with E-state index >= 15 is 0 Å². The molecule has 2 N–H and O–H groups in total. The van der Waals surface area contributed by atoms with Crippen molar-refractivity contribution in [2.24, 2.45) is 4.99 Å². The van der Waals surface area contributed by atoms with Crippen molar-refractivity contribution >= 4 is 5.96 Å². The predicted octanol–water partition coefficient (Wildman–Crippen LogP) is 3.00. The molecule has 0 aliphatic heterocycles. The van der Waals surface area contributed by atoms with Gasteiger partial charge in [0.25, 0.3) is 0 Å². The molecule has 1 aromatic rings. The molecule has 1 aliphatic carbocycles. The molecule has 0 bridgehead atoms. The Balaban J connectivity index is 1.72. The van der Waals surface area contributed by atoms with E-state index in [0.717, 1.165) is 49.5 Å². The smallest absolute Gasteiger partial charge is 0.216 e. The first-order valence-corrected chi connectivity index (χ1v) is 9.75. The molecule has 0 amide bonds. The van der Waals surface area contributed by atoms with Gasteiger partial charge in [-0.25, -0.2) is 9.98 Å². The van der Waals surface area contributed by atoms with E-state index in [2.05, 4.69) is 39.5 Å². The minimum absolute atomic E-state index is 0.464. The van der Waals surface area contributed by atoms with Gasteiger partial charge in [0.2, 0.25) is 5.89 Å². The van der Waals surface area contributed by atoms with Crippen molar-refractivity contribution in [3.05, 3.63) is 17.3 Å². The van der Waals surface area contributed by atoms with Gasteiger partial charge in [0.15, 0.2) is 5.96 Å². The first-order chi connectivity index (χ1) is 12.1. The summed E-state index contributed by atoms with van der Waals surface area (Å²) in [5.41, 5.74) is 0.939. The number of rotatable bonds is 8. The summed E-state index contributed by atoms with van der Waals surface area (Å²) in [6, 6.07) is 0.784. The van der Waals surface area contributed by atoms with Gasteiger partial charge in [0.05, 0.1) is 5.69 Å². The van der Waals surface area contributed by atoms with E-state index < -0.39 is 0 Å². The predicted molar refractivity (Wildman–Crippen MR) is 103 cm³/mol. The number of aliphatic imine (C=N–C) groups is 1. The molecule has 1 aromatic heterocycles. The Morgan fingerprint density at radius 3 is 2.64 bits per heavy atom. The molecule has 6 heteroatoms. The van der Waals surface area contributed by atoms with E-state index in [0.29, 0.717) is 12.4 Å². The molecule has 0 aromatic carbocycles. The average molecular weight is 350 g/mol. The summed E-state index contributed by atoms with van der Waals surface area (Å²) in [4.78, 5) is 11.5. The Kier molecular flexibility index (Phi) is 8.25. The SMILES string of the molecule is CCNC(=NCc1nc(C)c(C)o1)NCCCN(C)C1CCCCC1. The van der Waals surface area contributed by atoms with Crippen LogP contribution in [0, 0.1) is 13.8 Å². The van der Waals surface area contributed by atoms with Gasteiger partial charge in [-0.1, -0.05) is 19.3 Å². The van der Waals surface area contributed by atoms with Gasteiger partial charge in [-0.15, -0.1) is 0 Å². The van der Waals surface area contributed by atoms with E-state index in [1.807, 2.05) is 13.8 Å². The number of aryl methyl sites for hydroxylation is 2. The van der Waals surface area contributed by atoms with Gasteiger partial charge in [0, 0.05) is 19.1 Å². The summed E-state index contributed by atoms with van der Waals surface area (Å²) in [6.45, 7) is 9.33. The van der Waals surface area contributed by atoms with Crippen molar-refractivity contribution in [2.75, 3.05) is 26.7 Å². The van der Waals surface area contributed by atoms with E-state index in [1.54, 1.807) is 0 Å². The van der Waals surface area contributed by atoms with Gasteiger partial charge in [-0.05, 0) is 53.6 Å². The Hall–Kier alpha value is -1.56. The number of nitrogens with zero attached hydrogens (tertiary/aromatic N) is 3. The van der Waals surface area contributed by atoms with Crippen molar-refractivity contribution in [3.8, 4) is 0 Å². The topological polar surface area (TPSA) is 65.7 Å². The Bertz CT molecular complexity index is 514. The standard InChI is InChI=1S/C19H35N5O/c1-5-20-19(22-14-18-23-15(2)16(3)25-18)21-12-9-13-24(4)17-10-7-6-8-11-17/h17H,5-14H2,1-4H3,(H2,20,21,22). The van der Waals surface area contributed by atoms with Gasteiger partial charge >= 0.3 is 0 Å². The minimum Gasteiger partial charge on any atom is -0.444 e. The highest BCUT2D eigenvalue weighted by molar-refractivity contribution is 5.79. The number of hydrogen-bond donors (Lipinski definition) is 2. The lowest BCUT2D eigenvalue weighted by Gasteiger charge is -2.31. The molecule has 1 fully saturated rings. The van der Waals surface area contributed by atoms with E-state index in [4.69, 9.17) is 4.42 Å². The molecule has 6 nitrogen and oxygen atoms in total. The lowest BCUT2D eigenvalue weighted by atomic mass is 9.94. The largest absolute Gasteiger partial charge is 0.444 e. The van der Waals surface area contributed by atoms with Crippen LogP contribution in [0.2, 0.25) is 0 Å². The third-order valence-corrected chi connectivity index (χ3v) is 4.97. The van der Waals surface area contributed by atoms with Crippen LogP contribution in [-0.2, 0) is 6.54 Å². The van der Waals surface area contributed by atoms with Crippen LogP contribution >= 0.6 is 0 Å². The van der Waals surface area contributed by atoms with Crippen molar-refractivity contribution < 1.29 is 4.42 Å². The fourth-order valence-corrected chi connectivity index (χ4v) is 3.33. The molecule has 1 saturated carbocycles. The highest BCUT2D eigenvalue weighted by atomic mass is 16.4. The maximum atomic E-state index is 5.59. The monoisotopic (exact) mass is 349 g/mol. The fraction of sp³-hybridized carbons (Fsp3) is 0.789. The van der Waals surface area contributed by atoms with Crippen LogP contribution in [-0.4, -0.2) is 48.6 Å². The van der Waals surface area contributed by atoms with Crippen molar-refractivity contribution in [2.45, 2.75) is 71.9 Å². The highest BCUT2D eigenvalue weighted by Gasteiger charge is 2.17. The normalized spacial score (nSPS) is 16.4. The molecule has 142 valence electrons. The second-order valence-electron chi connectivity index (χ2n) is 7.00. The summed E-state index contributed by atoms with van der Waals surface area (Å²) in [6.07, 6.45) is 8.05. The fourth-order valence-electron chi connectivity index (χ4n) is 3.33. The third kappa shape index (κ3) is 6.69. The lowest BCUT2D eigenvalue weighted by Crippen LogP contribution is -2.39. The maximum absolute atomic E-state index is 5.59. The first-order valence-electron chi connectivity index (χ1n) is 9.75. The first kappa shape index (κ1) is 19.8. The van der Waals surface area contributed by atoms with E-state index in [9.17, 15) is 0 Å². The van der Waals surface area contributed by atoms with Crippen LogP contribution in [0.4, 0.5) is 0 Å². The van der Waals surface area contributed by atoms with Crippen LogP contribution in [0.25, 0.3) is 0 Å². The van der Waals surface area contributed by atoms with Gasteiger partial charge in [-0.3, -0.25) is 0 Å². The van der Waals surface area contributed by atoms with Crippen LogP contribution in [0.1, 0.15) is 62.8 Å². The highest BCUT2D eigenvalue weighted by Crippen LogP contribution is 2.21. The molecule has 25 heavy (non-hydrogen) atoms. The van der Waals surface area contributed by atoms with Crippen LogP contribution in [0.15, 0.2) is 9.41 Å². The molecule has 0 saturated heterocycles. The Labute approximate surface area is 152 Å². The number of guanidine groups is 1. The molecular weight excluding hydrogens is 314 g/mol. The van der Waals surface area contributed by atoms with Crippen LogP contribution < -0.4 is 10.6 Å². The molecule has 0 atom stereocenters. The van der Waals surface area contributed by atoms with E-state index in [1.165, 1.54) is 32.1 Å². The Morgan fingerprint density at radius 2 is 2.00 bits per heavy atom. The average Bonchev–Trinajstić information content (AvgIpc) is 2.95. The molecular formula is C19H35N5O. The van der Waals surface area contributed by atoms with Gasteiger partial charge < -0.3 is 20.0 Å². The summed E-state index contributed by atoms with van der Waals surface area (Å²) < 4.78 is 5.59. The van der Waals surface area contributed by atoms with Crippen molar-refractivity contribution in [3.63, 3.8) is 0 Å². The molecule has 1 heterocycles. The van der Waals surface area contributed by atoms with E-state index in [-0.39, 0.29) is 0 Å². The van der Waals surface area contributed by atoms with Crippen molar-refractivity contribution in [1.29, 1.82) is 0 Å². The number of oxazole rings is 1. The second kappa shape index (κ2) is 10.4. The summed E-state index contributed by atoms with van der Waals surface area (Å²) in [5, 5.41) is 6.70. The van der Waals surface area contributed by atoms with Gasteiger partial charge in [0.1, 0.15) is 12.3 Å². The molecule has 0 radical (unpaired) electrons. The zero-order chi connectivity index (χ0) is 18.1. The van der Waals surface area contributed by atoms with Crippen LogP contribution in [0.3, 0.4) is 0 Å². The Morgan fingerprint density at radius 1 is 1.24 bits per heavy atom. The summed E-state index contributed by atoms with van der Waals surface area (Å²) >= 11 is 0. The lowest BCUT2D eigenvalue weighted by molar-refractivity contribution is 0.190. The summed E-state index contributed by atoms with van der Waals surface area (Å²) in [5.74, 6) is 2.37. The summed E-state index contributed by atoms with van der Waals surface area (Å²) in [7, 11) is 2.27. The maximum Gasteiger partial charge on any atom is 0.216 e.